The van der Waals surface area contributed by atoms with E-state index in [0.717, 1.165) is 38.5 Å². The summed E-state index contributed by atoms with van der Waals surface area (Å²) in [6.07, 6.45) is 3.71. The van der Waals surface area contributed by atoms with Crippen molar-refractivity contribution in [3.05, 3.63) is 35.9 Å². The maximum absolute atomic E-state index is 10.2. The third kappa shape index (κ3) is 2.80. The number of hydrogen-bond donors (Lipinski definition) is 1. The third-order valence-electron chi connectivity index (χ3n) is 6.49. The van der Waals surface area contributed by atoms with Crippen molar-refractivity contribution in [3.63, 3.8) is 0 Å². The van der Waals surface area contributed by atoms with E-state index in [1.807, 2.05) is 0 Å². The molecule has 3 aliphatic heterocycles. The highest BCUT2D eigenvalue weighted by Crippen LogP contribution is 2.41. The van der Waals surface area contributed by atoms with Crippen molar-refractivity contribution in [1.82, 2.24) is 14.7 Å². The molecule has 0 amide bonds. The van der Waals surface area contributed by atoms with Crippen LogP contribution in [0.5, 0.6) is 0 Å². The van der Waals surface area contributed by atoms with Crippen LogP contribution in [0.1, 0.15) is 24.8 Å². The zero-order valence-electron chi connectivity index (χ0n) is 14.5. The molecule has 1 N–H and O–H groups in total. The van der Waals surface area contributed by atoms with Crippen LogP contribution in [0.25, 0.3) is 0 Å². The molecule has 0 bridgehead atoms. The lowest BCUT2D eigenvalue weighted by atomic mass is 9.83. The zero-order chi connectivity index (χ0) is 16.1. The molecule has 5 rings (SSSR count). The molecule has 0 radical (unpaired) electrons. The minimum Gasteiger partial charge on any atom is -0.392 e. The van der Waals surface area contributed by atoms with Gasteiger partial charge in [-0.2, -0.15) is 0 Å². The quantitative estimate of drug-likeness (QED) is 0.905. The van der Waals surface area contributed by atoms with Crippen LogP contribution >= 0.6 is 0 Å². The van der Waals surface area contributed by atoms with Crippen LogP contribution < -0.4 is 0 Å². The van der Waals surface area contributed by atoms with Crippen molar-refractivity contribution in [1.29, 1.82) is 0 Å². The number of fused-ring (bicyclic) bond motifs is 2. The second-order valence-electron chi connectivity index (χ2n) is 8.69. The highest BCUT2D eigenvalue weighted by Gasteiger charge is 2.56. The maximum Gasteiger partial charge on any atom is 0.0682 e. The van der Waals surface area contributed by atoms with Gasteiger partial charge in [-0.25, -0.2) is 0 Å². The molecule has 4 nitrogen and oxygen atoms in total. The lowest BCUT2D eigenvalue weighted by molar-refractivity contribution is -0.116. The average molecular weight is 327 g/mol. The number of benzene rings is 1. The summed E-state index contributed by atoms with van der Waals surface area (Å²) in [7, 11) is 0. The van der Waals surface area contributed by atoms with Gasteiger partial charge in [0.25, 0.3) is 0 Å². The predicted molar refractivity (Wildman–Crippen MR) is 94.7 cm³/mol. The third-order valence-corrected chi connectivity index (χ3v) is 6.49. The van der Waals surface area contributed by atoms with Gasteiger partial charge in [0.2, 0.25) is 0 Å². The Hall–Kier alpha value is -0.940. The summed E-state index contributed by atoms with van der Waals surface area (Å²) in [5, 5.41) is 10.2. The molecule has 3 heterocycles. The van der Waals surface area contributed by atoms with Crippen molar-refractivity contribution in [3.8, 4) is 0 Å². The van der Waals surface area contributed by atoms with Gasteiger partial charge >= 0.3 is 0 Å². The molecule has 4 heteroatoms. The van der Waals surface area contributed by atoms with E-state index in [2.05, 4.69) is 45.0 Å². The number of aliphatic hydroxyl groups is 1. The summed E-state index contributed by atoms with van der Waals surface area (Å²) in [6, 6.07) is 11.4. The standard InChI is InChI=1S/C20H29N3O/c24-19-8-18-11-21(9-16-4-2-1-3-5-16)13-20(23(18)12-19)14-22(15-20)10-17-6-7-17/h1-5,17-19,24H,6-15H2. The molecule has 1 aromatic rings. The molecular weight excluding hydrogens is 298 g/mol. The van der Waals surface area contributed by atoms with E-state index in [1.165, 1.54) is 38.0 Å². The van der Waals surface area contributed by atoms with Gasteiger partial charge in [0, 0.05) is 51.9 Å². The van der Waals surface area contributed by atoms with E-state index >= 15 is 0 Å². The Kier molecular flexibility index (Phi) is 3.71. The number of rotatable bonds is 4. The molecule has 3 saturated heterocycles. The Labute approximate surface area is 145 Å². The molecule has 130 valence electrons. The molecular formula is C20H29N3O. The Balaban J connectivity index is 1.30. The van der Waals surface area contributed by atoms with Gasteiger partial charge in [-0.3, -0.25) is 14.7 Å². The summed E-state index contributed by atoms with van der Waals surface area (Å²) in [5.41, 5.74) is 1.71. The monoisotopic (exact) mass is 327 g/mol. The maximum atomic E-state index is 10.2. The van der Waals surface area contributed by atoms with E-state index in [1.54, 1.807) is 0 Å². The minimum absolute atomic E-state index is 0.124. The van der Waals surface area contributed by atoms with Crippen LogP contribution in [0.4, 0.5) is 0 Å². The van der Waals surface area contributed by atoms with Crippen LogP contribution in [0.15, 0.2) is 30.3 Å². The van der Waals surface area contributed by atoms with Crippen LogP contribution in [0, 0.1) is 5.92 Å². The minimum atomic E-state index is -0.124. The van der Waals surface area contributed by atoms with E-state index in [9.17, 15) is 5.11 Å². The van der Waals surface area contributed by atoms with E-state index in [-0.39, 0.29) is 6.10 Å². The average Bonchev–Trinajstić information content (AvgIpc) is 3.26. The van der Waals surface area contributed by atoms with Crippen LogP contribution in [-0.4, -0.2) is 76.8 Å². The van der Waals surface area contributed by atoms with Gasteiger partial charge in [-0.1, -0.05) is 30.3 Å². The normalized spacial score (nSPS) is 33.5. The number of aliphatic hydroxyl groups excluding tert-OH is 1. The topological polar surface area (TPSA) is 30.0 Å². The Morgan fingerprint density at radius 2 is 1.75 bits per heavy atom. The lowest BCUT2D eigenvalue weighted by Gasteiger charge is -2.61. The van der Waals surface area contributed by atoms with E-state index in [0.29, 0.717) is 11.6 Å². The van der Waals surface area contributed by atoms with Crippen LogP contribution in [-0.2, 0) is 6.54 Å². The highest BCUT2D eigenvalue weighted by atomic mass is 16.3. The lowest BCUT2D eigenvalue weighted by Crippen LogP contribution is -2.78. The smallest absolute Gasteiger partial charge is 0.0682 e. The summed E-state index contributed by atoms with van der Waals surface area (Å²) in [4.78, 5) is 7.97. The fourth-order valence-electron chi connectivity index (χ4n) is 5.34. The molecule has 24 heavy (non-hydrogen) atoms. The van der Waals surface area contributed by atoms with Gasteiger partial charge < -0.3 is 5.11 Å². The number of hydrogen-bond acceptors (Lipinski definition) is 4. The molecule has 1 saturated carbocycles. The summed E-state index contributed by atoms with van der Waals surface area (Å²) < 4.78 is 0. The van der Waals surface area contributed by atoms with Gasteiger partial charge in [-0.05, 0) is 30.7 Å². The summed E-state index contributed by atoms with van der Waals surface area (Å²) in [5.74, 6) is 0.978. The number of β-amino-alcohol motifs (C(OH)–C–C–N with tert-alkyl or cyclic N) is 1. The molecule has 4 fully saturated rings. The molecule has 1 aromatic carbocycles. The molecule has 2 atom stereocenters. The zero-order valence-corrected chi connectivity index (χ0v) is 14.5. The largest absolute Gasteiger partial charge is 0.392 e. The number of nitrogens with zero attached hydrogens (tertiary/aromatic N) is 3. The molecule has 1 aliphatic carbocycles. The first-order valence-corrected chi connectivity index (χ1v) is 9.64. The van der Waals surface area contributed by atoms with E-state index in [4.69, 9.17) is 0 Å². The predicted octanol–water partition coefficient (Wildman–Crippen LogP) is 1.40. The molecule has 2 unspecified atom stereocenters. The van der Waals surface area contributed by atoms with Crippen LogP contribution in [0.3, 0.4) is 0 Å². The van der Waals surface area contributed by atoms with Gasteiger partial charge in [-0.15, -0.1) is 0 Å². The number of likely N-dealkylation sites (tertiary alicyclic amines) is 1. The summed E-state index contributed by atoms with van der Waals surface area (Å²) >= 11 is 0. The highest BCUT2D eigenvalue weighted by molar-refractivity contribution is 5.17. The Bertz CT molecular complexity index is 582. The van der Waals surface area contributed by atoms with Crippen LogP contribution in [0.2, 0.25) is 0 Å². The second-order valence-corrected chi connectivity index (χ2v) is 8.69. The Morgan fingerprint density at radius 3 is 2.50 bits per heavy atom. The summed E-state index contributed by atoms with van der Waals surface area (Å²) in [6.45, 7) is 7.92. The first kappa shape index (κ1) is 15.3. The fraction of sp³-hybridized carbons (Fsp3) is 0.700. The first-order chi connectivity index (χ1) is 11.7. The molecule has 0 aromatic heterocycles. The van der Waals surface area contributed by atoms with Gasteiger partial charge in [0.1, 0.15) is 0 Å². The van der Waals surface area contributed by atoms with Gasteiger partial charge in [0.05, 0.1) is 11.6 Å². The van der Waals surface area contributed by atoms with Crippen molar-refractivity contribution >= 4 is 0 Å². The van der Waals surface area contributed by atoms with Crippen molar-refractivity contribution < 1.29 is 5.11 Å². The molecule has 4 aliphatic rings. The number of piperazine rings is 1. The van der Waals surface area contributed by atoms with Crippen molar-refractivity contribution in [2.24, 2.45) is 5.92 Å². The second kappa shape index (κ2) is 5.80. The van der Waals surface area contributed by atoms with Crippen molar-refractivity contribution in [2.45, 2.75) is 43.5 Å². The Morgan fingerprint density at radius 1 is 1.00 bits per heavy atom. The van der Waals surface area contributed by atoms with E-state index < -0.39 is 0 Å². The fourth-order valence-corrected chi connectivity index (χ4v) is 5.34. The SMILES string of the molecule is OC1CC2CN(Cc3ccccc3)CC3(CN(CC4CC4)C3)N2C1. The van der Waals surface area contributed by atoms with Gasteiger partial charge in [0.15, 0.2) is 0 Å². The molecule has 1 spiro atoms. The first-order valence-electron chi connectivity index (χ1n) is 9.64. The van der Waals surface area contributed by atoms with Crippen molar-refractivity contribution in [2.75, 3.05) is 39.3 Å².